The zero-order valence-corrected chi connectivity index (χ0v) is 15.7. The monoisotopic (exact) mass is 389 g/mol. The zero-order chi connectivity index (χ0) is 20.1. The molecule has 1 aliphatic heterocycles. The highest BCUT2D eigenvalue weighted by Gasteiger charge is 2.51. The Labute approximate surface area is 162 Å². The van der Waals surface area contributed by atoms with Crippen molar-refractivity contribution in [1.82, 2.24) is 0 Å². The normalized spacial score (nSPS) is 29.6. The summed E-state index contributed by atoms with van der Waals surface area (Å²) in [6, 6.07) is 8.85. The van der Waals surface area contributed by atoms with Crippen LogP contribution in [0.3, 0.4) is 0 Å². The van der Waals surface area contributed by atoms with E-state index in [4.69, 9.17) is 24.5 Å². The van der Waals surface area contributed by atoms with Crippen molar-refractivity contribution in [3.63, 3.8) is 0 Å². The molecule has 2 aliphatic rings. The molecule has 1 aromatic rings. The van der Waals surface area contributed by atoms with Crippen LogP contribution in [0.5, 0.6) is 0 Å². The van der Waals surface area contributed by atoms with Gasteiger partial charge in [0.05, 0.1) is 30.4 Å². The molecule has 1 aromatic carbocycles. The third-order valence-corrected chi connectivity index (χ3v) is 4.99. The summed E-state index contributed by atoms with van der Waals surface area (Å²) in [4.78, 5) is 15.3. The van der Waals surface area contributed by atoms with Crippen LogP contribution < -0.4 is 0 Å². The highest BCUT2D eigenvalue weighted by atomic mass is 16.7. The van der Waals surface area contributed by atoms with Gasteiger partial charge in [-0.25, -0.2) is 4.79 Å². The SMILES string of the molecule is COCO[C@H]1[C@H]2C(=C(O)C[C@@H]1OCc1ccccc1)C(=O)O[C@@H](C)[C@H]2N=[N+]=[N-]. The molecule has 28 heavy (non-hydrogen) atoms. The molecule has 150 valence electrons. The molecule has 1 N–H and O–H groups in total. The molecule has 5 atom stereocenters. The Hall–Kier alpha value is -2.58. The van der Waals surface area contributed by atoms with Crippen molar-refractivity contribution in [3.05, 3.63) is 57.7 Å². The number of ether oxygens (including phenoxy) is 4. The maximum Gasteiger partial charge on any atom is 0.338 e. The summed E-state index contributed by atoms with van der Waals surface area (Å²) < 4.78 is 22.2. The van der Waals surface area contributed by atoms with Crippen LogP contribution in [0.15, 0.2) is 46.8 Å². The Morgan fingerprint density at radius 3 is 2.75 bits per heavy atom. The molecule has 0 amide bonds. The van der Waals surface area contributed by atoms with Crippen LogP contribution in [0.4, 0.5) is 0 Å². The number of hydrogen-bond acceptors (Lipinski definition) is 7. The van der Waals surface area contributed by atoms with Crippen molar-refractivity contribution in [2.24, 2.45) is 11.0 Å². The lowest BCUT2D eigenvalue weighted by Gasteiger charge is -2.44. The summed E-state index contributed by atoms with van der Waals surface area (Å²) in [6.45, 7) is 1.92. The van der Waals surface area contributed by atoms with Crippen molar-refractivity contribution in [1.29, 1.82) is 0 Å². The molecule has 9 nitrogen and oxygen atoms in total. The lowest BCUT2D eigenvalue weighted by molar-refractivity contribution is -0.177. The second kappa shape index (κ2) is 9.07. The Morgan fingerprint density at radius 2 is 2.07 bits per heavy atom. The fourth-order valence-electron chi connectivity index (χ4n) is 3.73. The Morgan fingerprint density at radius 1 is 1.32 bits per heavy atom. The zero-order valence-electron chi connectivity index (χ0n) is 15.7. The van der Waals surface area contributed by atoms with E-state index in [9.17, 15) is 9.90 Å². The number of carbonyl (C=O) groups is 1. The molecule has 1 heterocycles. The predicted octanol–water partition coefficient (Wildman–Crippen LogP) is 3.02. The molecule has 0 unspecified atom stereocenters. The quantitative estimate of drug-likeness (QED) is 0.251. The Bertz CT molecular complexity index is 777. The minimum atomic E-state index is -0.732. The molecule has 1 saturated heterocycles. The standard InChI is InChI=1S/C19H23N3O6/c1-11-17(21-22-20)16-15(19(24)28-11)13(23)8-14(18(16)27-10-25-2)26-9-12-6-4-3-5-7-12/h3-7,11,14,16-18,23H,8-10H2,1-2H3/t11-,14-,16-,17+,18+/m0/s1. The third-order valence-electron chi connectivity index (χ3n) is 4.99. The highest BCUT2D eigenvalue weighted by molar-refractivity contribution is 5.91. The molecule has 9 heteroatoms. The minimum absolute atomic E-state index is 0.0349. The first-order valence-electron chi connectivity index (χ1n) is 9.00. The number of carbonyl (C=O) groups excluding carboxylic acids is 1. The third kappa shape index (κ3) is 4.13. The second-order valence-corrected chi connectivity index (χ2v) is 6.77. The molecular weight excluding hydrogens is 366 g/mol. The average Bonchev–Trinajstić information content (AvgIpc) is 2.69. The van der Waals surface area contributed by atoms with E-state index >= 15 is 0 Å². The van der Waals surface area contributed by atoms with Gasteiger partial charge in [-0.3, -0.25) is 0 Å². The van der Waals surface area contributed by atoms with Gasteiger partial charge in [0.2, 0.25) is 0 Å². The molecule has 0 radical (unpaired) electrons. The van der Waals surface area contributed by atoms with E-state index in [1.165, 1.54) is 7.11 Å². The van der Waals surface area contributed by atoms with Gasteiger partial charge in [0.25, 0.3) is 0 Å². The smallest absolute Gasteiger partial charge is 0.338 e. The van der Waals surface area contributed by atoms with Gasteiger partial charge in [-0.2, -0.15) is 0 Å². The fourth-order valence-corrected chi connectivity index (χ4v) is 3.73. The van der Waals surface area contributed by atoms with Crippen LogP contribution >= 0.6 is 0 Å². The predicted molar refractivity (Wildman–Crippen MR) is 98.0 cm³/mol. The average molecular weight is 389 g/mol. The summed E-state index contributed by atoms with van der Waals surface area (Å²) in [5.74, 6) is -1.46. The summed E-state index contributed by atoms with van der Waals surface area (Å²) in [5.41, 5.74) is 10.0. The van der Waals surface area contributed by atoms with Crippen LogP contribution in [0, 0.1) is 5.92 Å². The number of methoxy groups -OCH3 is 1. The number of rotatable bonds is 7. The van der Waals surface area contributed by atoms with E-state index in [0.29, 0.717) is 6.61 Å². The van der Waals surface area contributed by atoms with Crippen LogP contribution in [-0.2, 0) is 30.3 Å². The lowest BCUT2D eigenvalue weighted by Crippen LogP contribution is -2.54. The fraction of sp³-hybridized carbons (Fsp3) is 0.526. The van der Waals surface area contributed by atoms with Crippen molar-refractivity contribution < 1.29 is 28.8 Å². The molecule has 0 bridgehead atoms. The minimum Gasteiger partial charge on any atom is -0.512 e. The maximum atomic E-state index is 12.4. The van der Waals surface area contributed by atoms with E-state index in [2.05, 4.69) is 10.0 Å². The van der Waals surface area contributed by atoms with Gasteiger partial charge >= 0.3 is 5.97 Å². The number of esters is 1. The molecule has 3 rings (SSSR count). The van der Waals surface area contributed by atoms with E-state index in [1.807, 2.05) is 30.3 Å². The topological polar surface area (TPSA) is 123 Å². The summed E-state index contributed by atoms with van der Waals surface area (Å²) in [6.07, 6.45) is -1.79. The number of nitrogens with zero attached hydrogens (tertiary/aromatic N) is 3. The van der Waals surface area contributed by atoms with Crippen LogP contribution in [0.2, 0.25) is 0 Å². The summed E-state index contributed by atoms with van der Waals surface area (Å²) in [7, 11) is 1.49. The molecule has 1 fully saturated rings. The molecular formula is C19H23N3O6. The van der Waals surface area contributed by atoms with Gasteiger partial charge in [0, 0.05) is 24.4 Å². The van der Waals surface area contributed by atoms with Crippen molar-refractivity contribution in [3.8, 4) is 0 Å². The van der Waals surface area contributed by atoms with Gasteiger partial charge < -0.3 is 24.1 Å². The number of fused-ring (bicyclic) bond motifs is 1. The van der Waals surface area contributed by atoms with Crippen molar-refractivity contribution in [2.75, 3.05) is 13.9 Å². The first-order valence-corrected chi connectivity index (χ1v) is 9.00. The number of benzene rings is 1. The molecule has 0 spiro atoms. The van der Waals surface area contributed by atoms with E-state index in [1.54, 1.807) is 6.92 Å². The number of aliphatic hydroxyl groups excluding tert-OH is 1. The second-order valence-electron chi connectivity index (χ2n) is 6.77. The summed E-state index contributed by atoms with van der Waals surface area (Å²) >= 11 is 0. The first kappa shape index (κ1) is 20.2. The van der Waals surface area contributed by atoms with Crippen LogP contribution in [0.1, 0.15) is 18.9 Å². The van der Waals surface area contributed by atoms with Crippen molar-refractivity contribution >= 4 is 5.97 Å². The van der Waals surface area contributed by atoms with Gasteiger partial charge in [0.1, 0.15) is 18.7 Å². The van der Waals surface area contributed by atoms with Crippen LogP contribution in [0.25, 0.3) is 10.4 Å². The van der Waals surface area contributed by atoms with E-state index in [-0.39, 0.29) is 24.5 Å². The number of hydrogen-bond donors (Lipinski definition) is 1. The van der Waals surface area contributed by atoms with Gasteiger partial charge in [-0.1, -0.05) is 35.4 Å². The van der Waals surface area contributed by atoms with E-state index < -0.39 is 36.2 Å². The first-order chi connectivity index (χ1) is 13.6. The van der Waals surface area contributed by atoms with Gasteiger partial charge in [-0.15, -0.1) is 0 Å². The lowest BCUT2D eigenvalue weighted by atomic mass is 9.74. The molecule has 1 aliphatic carbocycles. The maximum absolute atomic E-state index is 12.4. The largest absolute Gasteiger partial charge is 0.512 e. The van der Waals surface area contributed by atoms with Gasteiger partial charge in [-0.05, 0) is 18.0 Å². The van der Waals surface area contributed by atoms with Crippen molar-refractivity contribution in [2.45, 2.75) is 44.3 Å². The summed E-state index contributed by atoms with van der Waals surface area (Å²) in [5, 5.41) is 14.3. The van der Waals surface area contributed by atoms with Gasteiger partial charge in [0.15, 0.2) is 0 Å². The number of aliphatic hydroxyl groups is 1. The molecule has 0 saturated carbocycles. The number of azide groups is 1. The van der Waals surface area contributed by atoms with Crippen LogP contribution in [-0.4, -0.2) is 49.3 Å². The van der Waals surface area contributed by atoms with E-state index in [0.717, 1.165) is 5.56 Å². The Kier molecular flexibility index (Phi) is 6.53. The Balaban J connectivity index is 1.92. The molecule has 0 aromatic heterocycles. The number of cyclic esters (lactones) is 1. The highest BCUT2D eigenvalue weighted by Crippen LogP contribution is 2.41.